The molecule has 4 nitrogen and oxygen atoms in total. The number of thioether (sulfide) groups is 1. The zero-order valence-corrected chi connectivity index (χ0v) is 20.6. The van der Waals surface area contributed by atoms with E-state index in [9.17, 15) is 4.79 Å². The number of carbonyl (C=O) groups is 1. The van der Waals surface area contributed by atoms with Crippen LogP contribution in [0, 0.1) is 6.92 Å². The Morgan fingerprint density at radius 3 is 2.52 bits per heavy atom. The summed E-state index contributed by atoms with van der Waals surface area (Å²) in [5.74, 6) is 2.00. The van der Waals surface area contributed by atoms with Crippen LogP contribution in [-0.2, 0) is 13.0 Å². The molecule has 1 N–H and O–H groups in total. The van der Waals surface area contributed by atoms with Crippen molar-refractivity contribution in [1.82, 2.24) is 14.9 Å². The van der Waals surface area contributed by atoms with Gasteiger partial charge in [-0.2, -0.15) is 0 Å². The fourth-order valence-electron chi connectivity index (χ4n) is 4.12. The molecule has 0 aliphatic heterocycles. The van der Waals surface area contributed by atoms with Gasteiger partial charge in [-0.15, -0.1) is 11.8 Å². The van der Waals surface area contributed by atoms with Gasteiger partial charge >= 0.3 is 0 Å². The highest BCUT2D eigenvalue weighted by Crippen LogP contribution is 2.25. The molecule has 0 aliphatic carbocycles. The molecule has 170 valence electrons. The maximum absolute atomic E-state index is 12.8. The van der Waals surface area contributed by atoms with Crippen molar-refractivity contribution in [2.75, 3.05) is 5.75 Å². The summed E-state index contributed by atoms with van der Waals surface area (Å²) < 4.78 is 2.28. The maximum Gasteiger partial charge on any atom is 0.251 e. The second-order valence-electron chi connectivity index (χ2n) is 8.56. The van der Waals surface area contributed by atoms with E-state index in [1.165, 1.54) is 16.0 Å². The predicted octanol–water partition coefficient (Wildman–Crippen LogP) is 6.56. The number of hydrogen-bond acceptors (Lipinski definition) is 3. The lowest BCUT2D eigenvalue weighted by atomic mass is 10.1. The summed E-state index contributed by atoms with van der Waals surface area (Å²) in [5, 5.41) is 3.04. The highest BCUT2D eigenvalue weighted by Gasteiger charge is 2.16. The molecule has 4 aromatic rings. The van der Waals surface area contributed by atoms with Crippen molar-refractivity contribution in [2.45, 2.75) is 51.6 Å². The molecule has 33 heavy (non-hydrogen) atoms. The molecule has 0 saturated heterocycles. The Hall–Kier alpha value is -3.05. The maximum atomic E-state index is 12.8. The van der Waals surface area contributed by atoms with Gasteiger partial charge in [0.25, 0.3) is 5.91 Å². The smallest absolute Gasteiger partial charge is 0.251 e. The van der Waals surface area contributed by atoms with Gasteiger partial charge in [0.15, 0.2) is 0 Å². The van der Waals surface area contributed by atoms with Crippen molar-refractivity contribution in [3.8, 4) is 0 Å². The zero-order chi connectivity index (χ0) is 23.4. The van der Waals surface area contributed by atoms with Crippen molar-refractivity contribution in [2.24, 2.45) is 0 Å². The van der Waals surface area contributed by atoms with E-state index in [0.717, 1.165) is 34.6 Å². The van der Waals surface area contributed by atoms with Gasteiger partial charge in [0, 0.05) is 29.5 Å². The fourth-order valence-corrected chi connectivity index (χ4v) is 4.79. The molecular formula is C28H31N3OS. The first kappa shape index (κ1) is 23.1. The highest BCUT2D eigenvalue weighted by atomic mass is 32.2. The summed E-state index contributed by atoms with van der Waals surface area (Å²) in [6.45, 7) is 9.13. The number of aryl methyl sites for hydroxylation is 1. The molecule has 0 unspecified atom stereocenters. The number of carbonyl (C=O) groups excluding carboxylic acids is 1. The molecule has 1 heterocycles. The van der Waals surface area contributed by atoms with Gasteiger partial charge in [0.05, 0.1) is 11.0 Å². The van der Waals surface area contributed by atoms with E-state index in [0.29, 0.717) is 12.1 Å². The highest BCUT2D eigenvalue weighted by molar-refractivity contribution is 7.99. The van der Waals surface area contributed by atoms with Gasteiger partial charge in [-0.1, -0.05) is 43.3 Å². The SMILES string of the molecule is CCSc1ccc(CNC(=O)c2ccc3c(c2)nc(Cc2ccccc2C)n3C(C)C)cc1. The van der Waals surface area contributed by atoms with E-state index >= 15 is 0 Å². The van der Waals surface area contributed by atoms with E-state index in [-0.39, 0.29) is 11.9 Å². The fraction of sp³-hybridized carbons (Fsp3) is 0.286. The number of hydrogen-bond donors (Lipinski definition) is 1. The Morgan fingerprint density at radius 2 is 1.82 bits per heavy atom. The van der Waals surface area contributed by atoms with Gasteiger partial charge in [-0.05, 0) is 73.5 Å². The minimum atomic E-state index is -0.0801. The largest absolute Gasteiger partial charge is 0.348 e. The summed E-state index contributed by atoms with van der Waals surface area (Å²) in [7, 11) is 0. The minimum absolute atomic E-state index is 0.0801. The quantitative estimate of drug-likeness (QED) is 0.305. The van der Waals surface area contributed by atoms with Crippen LogP contribution in [0.2, 0.25) is 0 Å². The Bertz CT molecular complexity index is 1260. The number of nitrogens with zero attached hydrogens (tertiary/aromatic N) is 2. The summed E-state index contributed by atoms with van der Waals surface area (Å²) >= 11 is 1.82. The van der Waals surface area contributed by atoms with Crippen LogP contribution in [-0.4, -0.2) is 21.2 Å². The molecule has 0 spiro atoms. The summed E-state index contributed by atoms with van der Waals surface area (Å²) in [6.07, 6.45) is 0.771. The molecule has 5 heteroatoms. The van der Waals surface area contributed by atoms with Crippen LogP contribution in [0.1, 0.15) is 59.7 Å². The van der Waals surface area contributed by atoms with E-state index in [4.69, 9.17) is 4.98 Å². The van der Waals surface area contributed by atoms with Gasteiger partial charge in [-0.25, -0.2) is 4.98 Å². The lowest BCUT2D eigenvalue weighted by molar-refractivity contribution is 0.0951. The molecule has 0 atom stereocenters. The number of rotatable bonds is 8. The van der Waals surface area contributed by atoms with Crippen molar-refractivity contribution in [3.05, 3.63) is 94.8 Å². The van der Waals surface area contributed by atoms with Gasteiger partial charge < -0.3 is 9.88 Å². The van der Waals surface area contributed by atoms with Crippen LogP contribution >= 0.6 is 11.8 Å². The zero-order valence-electron chi connectivity index (χ0n) is 19.8. The van der Waals surface area contributed by atoms with Crippen LogP contribution in [0.3, 0.4) is 0 Å². The number of aromatic nitrogens is 2. The molecule has 1 amide bonds. The second kappa shape index (κ2) is 10.3. The lowest BCUT2D eigenvalue weighted by Crippen LogP contribution is -2.22. The first-order chi connectivity index (χ1) is 16.0. The van der Waals surface area contributed by atoms with Crippen molar-refractivity contribution < 1.29 is 4.79 Å². The number of nitrogens with one attached hydrogen (secondary N) is 1. The number of imidazole rings is 1. The Kier molecular flexibility index (Phi) is 7.19. The Morgan fingerprint density at radius 1 is 1.06 bits per heavy atom. The molecule has 0 fully saturated rings. The molecule has 0 aliphatic rings. The first-order valence-corrected chi connectivity index (χ1v) is 12.5. The van der Waals surface area contributed by atoms with Crippen LogP contribution < -0.4 is 5.32 Å². The standard InChI is InChI=1S/C28H31N3OS/c1-5-33-24-13-10-21(11-14-24)18-29-28(32)23-12-15-26-25(16-23)30-27(31(26)19(2)3)17-22-9-7-6-8-20(22)4/h6-16,19H,5,17-18H2,1-4H3,(H,29,32). The van der Waals surface area contributed by atoms with Crippen molar-refractivity contribution in [3.63, 3.8) is 0 Å². The molecule has 1 aromatic heterocycles. The Labute approximate surface area is 200 Å². The van der Waals surface area contributed by atoms with Crippen LogP contribution in [0.25, 0.3) is 11.0 Å². The van der Waals surface area contributed by atoms with Crippen molar-refractivity contribution in [1.29, 1.82) is 0 Å². The molecule has 0 saturated carbocycles. The molecule has 4 rings (SSSR count). The van der Waals surface area contributed by atoms with E-state index < -0.39 is 0 Å². The minimum Gasteiger partial charge on any atom is -0.348 e. The lowest BCUT2D eigenvalue weighted by Gasteiger charge is -2.14. The second-order valence-corrected chi connectivity index (χ2v) is 9.90. The summed E-state index contributed by atoms with van der Waals surface area (Å²) in [4.78, 5) is 19.0. The van der Waals surface area contributed by atoms with Crippen LogP contribution in [0.5, 0.6) is 0 Å². The van der Waals surface area contributed by atoms with Crippen molar-refractivity contribution >= 4 is 28.7 Å². The number of benzene rings is 3. The monoisotopic (exact) mass is 457 g/mol. The summed E-state index contributed by atoms with van der Waals surface area (Å²) in [6, 6.07) is 22.9. The molecule has 0 bridgehead atoms. The van der Waals surface area contributed by atoms with Gasteiger partial charge in [0.1, 0.15) is 5.82 Å². The average Bonchev–Trinajstić information content (AvgIpc) is 3.17. The normalized spacial score (nSPS) is 11.3. The predicted molar refractivity (Wildman–Crippen MR) is 138 cm³/mol. The topological polar surface area (TPSA) is 46.9 Å². The summed E-state index contributed by atoms with van der Waals surface area (Å²) in [5.41, 5.74) is 6.19. The molecular weight excluding hydrogens is 426 g/mol. The van der Waals surface area contributed by atoms with E-state index in [1.54, 1.807) is 0 Å². The third-order valence-electron chi connectivity index (χ3n) is 5.84. The van der Waals surface area contributed by atoms with Gasteiger partial charge in [-0.3, -0.25) is 4.79 Å². The van der Waals surface area contributed by atoms with E-state index in [2.05, 4.69) is 86.1 Å². The van der Waals surface area contributed by atoms with Crippen LogP contribution in [0.15, 0.2) is 71.6 Å². The third-order valence-corrected chi connectivity index (χ3v) is 6.73. The average molecular weight is 458 g/mol. The van der Waals surface area contributed by atoms with E-state index in [1.807, 2.05) is 30.0 Å². The number of amides is 1. The third kappa shape index (κ3) is 5.31. The Balaban J connectivity index is 1.54. The molecule has 3 aromatic carbocycles. The number of fused-ring (bicyclic) bond motifs is 1. The first-order valence-electron chi connectivity index (χ1n) is 11.5. The van der Waals surface area contributed by atoms with Gasteiger partial charge in [0.2, 0.25) is 0 Å². The molecule has 0 radical (unpaired) electrons. The van der Waals surface area contributed by atoms with Crippen LogP contribution in [0.4, 0.5) is 0 Å².